The number of nitrogens with one attached hydrogen (secondary N) is 1. The lowest BCUT2D eigenvalue weighted by Gasteiger charge is -2.24. The molecule has 2 N–H and O–H groups in total. The fourth-order valence-corrected chi connectivity index (χ4v) is 3.47. The Morgan fingerprint density at radius 2 is 2.06 bits per heavy atom. The summed E-state index contributed by atoms with van der Waals surface area (Å²) >= 11 is 0. The molecule has 0 radical (unpaired) electrons. The Hall–Kier alpha value is -3.14. The van der Waals surface area contributed by atoms with Crippen molar-refractivity contribution in [1.29, 1.82) is 0 Å². The predicted octanol–water partition coefficient (Wildman–Crippen LogP) is 1.07. The third kappa shape index (κ3) is 5.32. The highest BCUT2D eigenvalue weighted by atomic mass is 16.6. The lowest BCUT2D eigenvalue weighted by atomic mass is 10.2. The summed E-state index contributed by atoms with van der Waals surface area (Å²) in [5, 5.41) is 12.3. The van der Waals surface area contributed by atoms with E-state index < -0.39 is 23.2 Å². The van der Waals surface area contributed by atoms with Gasteiger partial charge < -0.3 is 24.6 Å². The van der Waals surface area contributed by atoms with E-state index in [1.807, 2.05) is 6.92 Å². The van der Waals surface area contributed by atoms with Crippen molar-refractivity contribution in [1.82, 2.24) is 24.3 Å². The Labute approximate surface area is 180 Å². The Morgan fingerprint density at radius 3 is 2.68 bits per heavy atom. The number of rotatable bonds is 5. The van der Waals surface area contributed by atoms with Crippen molar-refractivity contribution < 1.29 is 19.4 Å². The van der Waals surface area contributed by atoms with Gasteiger partial charge in [-0.05, 0) is 46.2 Å². The summed E-state index contributed by atoms with van der Waals surface area (Å²) in [5.74, 6) is -0.435. The molecule has 1 aliphatic rings. The number of aliphatic hydroxyl groups is 1. The van der Waals surface area contributed by atoms with E-state index in [0.717, 1.165) is 5.69 Å². The summed E-state index contributed by atoms with van der Waals surface area (Å²) in [6.45, 7) is 7.72. The van der Waals surface area contributed by atoms with E-state index >= 15 is 0 Å². The van der Waals surface area contributed by atoms with Crippen molar-refractivity contribution in [3.05, 3.63) is 46.4 Å². The molecule has 1 unspecified atom stereocenters. The van der Waals surface area contributed by atoms with E-state index in [9.17, 15) is 19.5 Å². The molecule has 0 spiro atoms. The van der Waals surface area contributed by atoms with Gasteiger partial charge in [0.05, 0.1) is 18.6 Å². The maximum absolute atomic E-state index is 13.0. The van der Waals surface area contributed by atoms with Crippen molar-refractivity contribution >= 4 is 12.0 Å². The molecule has 0 aromatic carbocycles. The number of aryl methyl sites for hydroxylation is 1. The minimum atomic E-state index is -0.589. The first-order valence-electron chi connectivity index (χ1n) is 10.2. The Kier molecular flexibility index (Phi) is 6.49. The standard InChI is InChI=1S/C21H29N5O5/c1-14-11-25(13-22-14)17-6-5-16(26(9-10-27)19(17)29)18(28)23-15-7-8-24(12-15)20(30)31-21(2,3)4/h5-6,11,13,15,27H,7-10,12H2,1-4H3,(H,23,28). The van der Waals surface area contributed by atoms with Crippen LogP contribution in [0.4, 0.5) is 4.79 Å². The summed E-state index contributed by atoms with van der Waals surface area (Å²) in [6.07, 6.45) is 3.41. The largest absolute Gasteiger partial charge is 0.444 e. The molecule has 31 heavy (non-hydrogen) atoms. The van der Waals surface area contributed by atoms with Gasteiger partial charge in [-0.3, -0.25) is 14.2 Å². The number of aromatic nitrogens is 3. The molecule has 3 heterocycles. The molecule has 1 aliphatic heterocycles. The van der Waals surface area contributed by atoms with Gasteiger partial charge in [0.1, 0.15) is 17.0 Å². The summed E-state index contributed by atoms with van der Waals surface area (Å²) in [5.41, 5.74) is 0.249. The number of imidazole rings is 1. The molecule has 1 saturated heterocycles. The lowest BCUT2D eigenvalue weighted by molar-refractivity contribution is 0.0290. The first kappa shape index (κ1) is 22.5. The van der Waals surface area contributed by atoms with E-state index in [-0.39, 0.29) is 24.9 Å². The fourth-order valence-electron chi connectivity index (χ4n) is 3.47. The molecule has 2 aromatic heterocycles. The number of hydrogen-bond acceptors (Lipinski definition) is 6. The molecule has 0 saturated carbocycles. The van der Waals surface area contributed by atoms with Gasteiger partial charge in [-0.15, -0.1) is 0 Å². The van der Waals surface area contributed by atoms with Crippen LogP contribution >= 0.6 is 0 Å². The Balaban J connectivity index is 1.75. The van der Waals surface area contributed by atoms with Gasteiger partial charge in [-0.25, -0.2) is 9.78 Å². The van der Waals surface area contributed by atoms with Crippen molar-refractivity contribution in [3.63, 3.8) is 0 Å². The summed E-state index contributed by atoms with van der Waals surface area (Å²) in [4.78, 5) is 43.8. The molecule has 168 valence electrons. The highest BCUT2D eigenvalue weighted by Crippen LogP contribution is 2.16. The van der Waals surface area contributed by atoms with E-state index in [0.29, 0.717) is 25.2 Å². The van der Waals surface area contributed by atoms with Crippen molar-refractivity contribution in [2.75, 3.05) is 19.7 Å². The van der Waals surface area contributed by atoms with Crippen LogP contribution < -0.4 is 10.9 Å². The van der Waals surface area contributed by atoms with Gasteiger partial charge >= 0.3 is 6.09 Å². The molecule has 0 bridgehead atoms. The quantitative estimate of drug-likeness (QED) is 0.731. The van der Waals surface area contributed by atoms with E-state index in [1.54, 1.807) is 48.6 Å². The van der Waals surface area contributed by atoms with Gasteiger partial charge in [0.15, 0.2) is 0 Å². The van der Waals surface area contributed by atoms with Crippen LogP contribution in [-0.4, -0.2) is 67.5 Å². The molecule has 2 amide bonds. The van der Waals surface area contributed by atoms with Crippen LogP contribution in [0.5, 0.6) is 0 Å². The molecule has 10 heteroatoms. The number of carbonyl (C=O) groups is 2. The van der Waals surface area contributed by atoms with Gasteiger partial charge in [0, 0.05) is 31.9 Å². The minimum Gasteiger partial charge on any atom is -0.444 e. The second-order valence-corrected chi connectivity index (χ2v) is 8.59. The Bertz CT molecular complexity index is 1020. The molecule has 1 fully saturated rings. The second-order valence-electron chi connectivity index (χ2n) is 8.59. The van der Waals surface area contributed by atoms with E-state index in [4.69, 9.17) is 4.74 Å². The summed E-state index contributed by atoms with van der Waals surface area (Å²) in [6, 6.07) is 2.86. The number of pyridine rings is 1. The number of likely N-dealkylation sites (tertiary alicyclic amines) is 1. The number of aliphatic hydroxyl groups excluding tert-OH is 1. The topological polar surface area (TPSA) is 119 Å². The highest BCUT2D eigenvalue weighted by molar-refractivity contribution is 5.93. The summed E-state index contributed by atoms with van der Waals surface area (Å²) in [7, 11) is 0. The SMILES string of the molecule is Cc1cn(-c2ccc(C(=O)NC3CCN(C(=O)OC(C)(C)C)C3)n(CCO)c2=O)cn1. The average Bonchev–Trinajstić information content (AvgIpc) is 3.31. The fraction of sp³-hybridized carbons (Fsp3) is 0.524. The molecule has 0 aliphatic carbocycles. The minimum absolute atomic E-state index is 0.0161. The molecular weight excluding hydrogens is 402 g/mol. The van der Waals surface area contributed by atoms with Crippen LogP contribution in [0.2, 0.25) is 0 Å². The predicted molar refractivity (Wildman–Crippen MR) is 113 cm³/mol. The number of nitrogens with zero attached hydrogens (tertiary/aromatic N) is 4. The van der Waals surface area contributed by atoms with Crippen LogP contribution in [0.25, 0.3) is 5.69 Å². The monoisotopic (exact) mass is 431 g/mol. The molecule has 3 rings (SSSR count). The maximum atomic E-state index is 13.0. The van der Waals surface area contributed by atoms with Gasteiger partial charge in [0.25, 0.3) is 11.5 Å². The van der Waals surface area contributed by atoms with Gasteiger partial charge in [-0.1, -0.05) is 0 Å². The van der Waals surface area contributed by atoms with Crippen molar-refractivity contribution in [2.24, 2.45) is 0 Å². The van der Waals surface area contributed by atoms with Crippen LogP contribution in [0, 0.1) is 6.92 Å². The average molecular weight is 431 g/mol. The van der Waals surface area contributed by atoms with Crippen molar-refractivity contribution in [2.45, 2.75) is 52.3 Å². The Morgan fingerprint density at radius 1 is 1.32 bits per heavy atom. The number of hydrogen-bond donors (Lipinski definition) is 2. The van der Waals surface area contributed by atoms with Crippen molar-refractivity contribution in [3.8, 4) is 5.69 Å². The molecule has 10 nitrogen and oxygen atoms in total. The third-order valence-electron chi connectivity index (χ3n) is 4.88. The zero-order valence-electron chi connectivity index (χ0n) is 18.3. The van der Waals surface area contributed by atoms with Crippen LogP contribution in [0.3, 0.4) is 0 Å². The first-order valence-corrected chi connectivity index (χ1v) is 10.2. The summed E-state index contributed by atoms with van der Waals surface area (Å²) < 4.78 is 8.21. The van der Waals surface area contributed by atoms with Crippen LogP contribution in [-0.2, 0) is 11.3 Å². The maximum Gasteiger partial charge on any atom is 0.410 e. The lowest BCUT2D eigenvalue weighted by Crippen LogP contribution is -2.42. The molecular formula is C21H29N5O5. The first-order chi connectivity index (χ1) is 14.6. The normalized spacial score (nSPS) is 16.4. The van der Waals surface area contributed by atoms with Gasteiger partial charge in [-0.2, -0.15) is 0 Å². The van der Waals surface area contributed by atoms with Crippen LogP contribution in [0.15, 0.2) is 29.5 Å². The zero-order chi connectivity index (χ0) is 22.8. The number of ether oxygens (including phenoxy) is 1. The number of amides is 2. The number of carbonyl (C=O) groups excluding carboxylic acids is 2. The van der Waals surface area contributed by atoms with E-state index in [1.165, 1.54) is 10.9 Å². The zero-order valence-corrected chi connectivity index (χ0v) is 18.3. The highest BCUT2D eigenvalue weighted by Gasteiger charge is 2.31. The smallest absolute Gasteiger partial charge is 0.410 e. The second kappa shape index (κ2) is 8.93. The molecule has 1 atom stereocenters. The van der Waals surface area contributed by atoms with Gasteiger partial charge in [0.2, 0.25) is 0 Å². The third-order valence-corrected chi connectivity index (χ3v) is 4.88. The van der Waals surface area contributed by atoms with E-state index in [2.05, 4.69) is 10.3 Å². The van der Waals surface area contributed by atoms with Crippen LogP contribution in [0.1, 0.15) is 43.4 Å². The molecule has 2 aromatic rings.